The monoisotopic (exact) mass is 330 g/mol. The predicted molar refractivity (Wildman–Crippen MR) is 101 cm³/mol. The van der Waals surface area contributed by atoms with Crippen molar-refractivity contribution in [2.24, 2.45) is 5.92 Å². The lowest BCUT2D eigenvalue weighted by Crippen LogP contribution is -2.56. The van der Waals surface area contributed by atoms with Crippen LogP contribution in [0.5, 0.6) is 0 Å². The van der Waals surface area contributed by atoms with Crippen LogP contribution in [0.1, 0.15) is 78.3 Å². The van der Waals surface area contributed by atoms with Gasteiger partial charge in [-0.05, 0) is 34.4 Å². The molecule has 1 saturated carbocycles. The number of rotatable bonds is 1. The zero-order valence-electron chi connectivity index (χ0n) is 15.9. The highest BCUT2D eigenvalue weighted by Crippen LogP contribution is 2.65. The molecule has 1 aliphatic heterocycles. The molecule has 1 aromatic carbocycles. The Balaban J connectivity index is 2.19. The van der Waals surface area contributed by atoms with Crippen LogP contribution in [0, 0.1) is 5.92 Å². The molecule has 0 spiro atoms. The van der Waals surface area contributed by atoms with E-state index in [1.54, 1.807) is 5.56 Å². The van der Waals surface area contributed by atoms with Crippen molar-refractivity contribution in [2.45, 2.75) is 88.9 Å². The van der Waals surface area contributed by atoms with E-state index in [2.05, 4.69) is 71.9 Å². The maximum absolute atomic E-state index is 7.19. The van der Waals surface area contributed by atoms with Crippen molar-refractivity contribution in [3.8, 4) is 0 Å². The van der Waals surface area contributed by atoms with Crippen LogP contribution in [0.15, 0.2) is 30.3 Å². The Morgan fingerprint density at radius 2 is 1.43 bits per heavy atom. The normalized spacial score (nSPS) is 31.0. The Bertz CT molecular complexity index is 523. The smallest absolute Gasteiger partial charge is 0.211 e. The fourth-order valence-corrected chi connectivity index (χ4v) is 13.2. The summed E-state index contributed by atoms with van der Waals surface area (Å²) in [4.78, 5) is 0. The topological polar surface area (TPSA) is 9.23 Å². The third-order valence-electron chi connectivity index (χ3n) is 6.34. The number of benzene rings is 1. The molecule has 0 N–H and O–H groups in total. The Morgan fingerprint density at radius 1 is 0.870 bits per heavy atom. The Labute approximate surface area is 144 Å². The third-order valence-corrected chi connectivity index (χ3v) is 13.1. The molecule has 23 heavy (non-hydrogen) atoms. The zero-order chi connectivity index (χ0) is 16.9. The molecule has 0 bridgehead atoms. The second kappa shape index (κ2) is 5.74. The molecule has 2 aliphatic rings. The highest BCUT2D eigenvalue weighted by Gasteiger charge is 2.67. The van der Waals surface area contributed by atoms with Gasteiger partial charge in [-0.1, -0.05) is 84.7 Å². The van der Waals surface area contributed by atoms with E-state index < -0.39 is 8.32 Å². The van der Waals surface area contributed by atoms with Gasteiger partial charge in [0.1, 0.15) is 0 Å². The molecule has 0 radical (unpaired) electrons. The second-order valence-electron chi connectivity index (χ2n) is 9.73. The summed E-state index contributed by atoms with van der Waals surface area (Å²) in [7, 11) is -2.03. The van der Waals surface area contributed by atoms with E-state index >= 15 is 0 Å². The van der Waals surface area contributed by atoms with Gasteiger partial charge in [-0.15, -0.1) is 0 Å². The van der Waals surface area contributed by atoms with E-state index in [1.165, 1.54) is 25.7 Å². The maximum Gasteiger partial charge on any atom is 0.211 e. The highest BCUT2D eigenvalue weighted by molar-refractivity contribution is 6.81. The summed E-state index contributed by atoms with van der Waals surface area (Å²) in [6.07, 6.45) is 5.85. The first kappa shape index (κ1) is 17.2. The molecular formula is C21H34OSi. The molecule has 1 saturated heterocycles. The van der Waals surface area contributed by atoms with Crippen LogP contribution >= 0.6 is 0 Å². The lowest BCUT2D eigenvalue weighted by Gasteiger charge is -2.52. The lowest BCUT2D eigenvalue weighted by molar-refractivity contribution is 0.119. The fourth-order valence-electron chi connectivity index (χ4n) is 5.82. The molecule has 0 unspecified atom stereocenters. The van der Waals surface area contributed by atoms with Crippen LogP contribution in [0.3, 0.4) is 0 Å². The SMILES string of the molecule is CC(C)(C)[Si]1(C(C)(C)C)O[C@@H]2CCCC[C@@H]2[C@@H]1c1ccccc1. The maximum atomic E-state index is 7.19. The summed E-state index contributed by atoms with van der Waals surface area (Å²) in [6, 6.07) is 11.3. The molecule has 0 amide bonds. The molecule has 3 rings (SSSR count). The van der Waals surface area contributed by atoms with Crippen LogP contribution in [0.2, 0.25) is 10.1 Å². The van der Waals surface area contributed by atoms with Gasteiger partial charge in [0.2, 0.25) is 8.32 Å². The highest BCUT2D eigenvalue weighted by atomic mass is 28.4. The van der Waals surface area contributed by atoms with Crippen molar-refractivity contribution in [3.63, 3.8) is 0 Å². The quantitative estimate of drug-likeness (QED) is 0.538. The molecule has 3 atom stereocenters. The first-order valence-corrected chi connectivity index (χ1v) is 11.4. The first-order chi connectivity index (χ1) is 10.7. The van der Waals surface area contributed by atoms with Crippen molar-refractivity contribution in [1.82, 2.24) is 0 Å². The van der Waals surface area contributed by atoms with Gasteiger partial charge in [-0.2, -0.15) is 0 Å². The molecule has 2 heteroatoms. The Hall–Kier alpha value is -0.603. The molecule has 128 valence electrons. The summed E-state index contributed by atoms with van der Waals surface area (Å²) >= 11 is 0. The molecule has 2 fully saturated rings. The average Bonchev–Trinajstić information content (AvgIpc) is 2.84. The van der Waals surface area contributed by atoms with E-state index in [-0.39, 0.29) is 10.1 Å². The van der Waals surface area contributed by atoms with E-state index in [1.807, 2.05) is 0 Å². The third kappa shape index (κ3) is 2.62. The van der Waals surface area contributed by atoms with Crippen molar-refractivity contribution < 1.29 is 4.43 Å². The Morgan fingerprint density at radius 3 is 2.00 bits per heavy atom. The fraction of sp³-hybridized carbons (Fsp3) is 0.714. The standard InChI is InChI=1S/C21H34OSi/c1-20(2,3)23(21(4,5)6)19(16-12-8-7-9-13-16)17-14-10-11-15-18(17)22-23/h7-9,12-13,17-19H,10-11,14-15H2,1-6H3/t17-,18+,19-/m0/s1. The summed E-state index contributed by atoms with van der Waals surface area (Å²) in [5.41, 5.74) is 2.17. The minimum Gasteiger partial charge on any atom is -0.412 e. The van der Waals surface area contributed by atoms with Crippen LogP contribution in [0.25, 0.3) is 0 Å². The van der Waals surface area contributed by atoms with Gasteiger partial charge < -0.3 is 4.43 Å². The second-order valence-corrected chi connectivity index (χ2v) is 15.1. The lowest BCUT2D eigenvalue weighted by atomic mass is 9.82. The molecule has 1 heterocycles. The summed E-state index contributed by atoms with van der Waals surface area (Å²) in [6.45, 7) is 14.7. The number of hydrogen-bond acceptors (Lipinski definition) is 1. The van der Waals surface area contributed by atoms with E-state index in [0.717, 1.165) is 5.92 Å². The van der Waals surface area contributed by atoms with Gasteiger partial charge in [0.15, 0.2) is 0 Å². The molecule has 0 aromatic heterocycles. The predicted octanol–water partition coefficient (Wildman–Crippen LogP) is 6.44. The van der Waals surface area contributed by atoms with Crippen LogP contribution in [-0.4, -0.2) is 14.4 Å². The number of hydrogen-bond donors (Lipinski definition) is 0. The van der Waals surface area contributed by atoms with Gasteiger partial charge in [-0.3, -0.25) is 0 Å². The van der Waals surface area contributed by atoms with E-state index in [0.29, 0.717) is 11.6 Å². The van der Waals surface area contributed by atoms with Crippen LogP contribution in [0.4, 0.5) is 0 Å². The first-order valence-electron chi connectivity index (χ1n) is 9.41. The van der Waals surface area contributed by atoms with Crippen molar-refractivity contribution >= 4 is 8.32 Å². The van der Waals surface area contributed by atoms with E-state index in [4.69, 9.17) is 4.43 Å². The van der Waals surface area contributed by atoms with Crippen LogP contribution < -0.4 is 0 Å². The number of fused-ring (bicyclic) bond motifs is 1. The van der Waals surface area contributed by atoms with Crippen molar-refractivity contribution in [3.05, 3.63) is 35.9 Å². The molecular weight excluding hydrogens is 296 g/mol. The van der Waals surface area contributed by atoms with Gasteiger partial charge in [0.25, 0.3) is 0 Å². The van der Waals surface area contributed by atoms with Crippen molar-refractivity contribution in [1.29, 1.82) is 0 Å². The van der Waals surface area contributed by atoms with Gasteiger partial charge in [-0.25, -0.2) is 0 Å². The Kier molecular flexibility index (Phi) is 4.30. The van der Waals surface area contributed by atoms with Gasteiger partial charge >= 0.3 is 0 Å². The summed E-state index contributed by atoms with van der Waals surface area (Å²) < 4.78 is 7.19. The summed E-state index contributed by atoms with van der Waals surface area (Å²) in [5, 5.41) is 0.478. The largest absolute Gasteiger partial charge is 0.412 e. The molecule has 1 aliphatic carbocycles. The van der Waals surface area contributed by atoms with Crippen LogP contribution in [-0.2, 0) is 4.43 Å². The van der Waals surface area contributed by atoms with E-state index in [9.17, 15) is 0 Å². The minimum atomic E-state index is -2.03. The van der Waals surface area contributed by atoms with Crippen molar-refractivity contribution in [2.75, 3.05) is 0 Å². The average molecular weight is 331 g/mol. The summed E-state index contributed by atoms with van der Waals surface area (Å²) in [5.74, 6) is 0.733. The molecule has 1 aromatic rings. The van der Waals surface area contributed by atoms with Gasteiger partial charge in [0.05, 0.1) is 0 Å². The van der Waals surface area contributed by atoms with Gasteiger partial charge in [0, 0.05) is 11.6 Å². The zero-order valence-corrected chi connectivity index (χ0v) is 16.9. The minimum absolute atomic E-state index is 0.239. The molecule has 1 nitrogen and oxygen atoms in total.